The number of anilines is 2. The molecule has 1 aromatic carbocycles. The van der Waals surface area contributed by atoms with Crippen molar-refractivity contribution in [3.05, 3.63) is 60.8 Å². The summed E-state index contributed by atoms with van der Waals surface area (Å²) in [6.07, 6.45) is 7.55. The molecular weight excluding hydrogens is 250 g/mol. The van der Waals surface area contributed by atoms with Crippen LogP contribution in [-0.4, -0.2) is 18.5 Å². The van der Waals surface area contributed by atoms with Crippen molar-refractivity contribution in [1.29, 1.82) is 0 Å². The van der Waals surface area contributed by atoms with E-state index in [4.69, 9.17) is 5.73 Å². The van der Waals surface area contributed by atoms with Crippen molar-refractivity contribution in [3.63, 3.8) is 0 Å². The molecule has 1 unspecified atom stereocenters. The molecule has 0 saturated carbocycles. The number of carbonyl (C=O) groups excluding carboxylic acids is 1. The maximum absolute atomic E-state index is 11.9. The van der Waals surface area contributed by atoms with Crippen LogP contribution in [0.5, 0.6) is 0 Å². The van der Waals surface area contributed by atoms with Crippen molar-refractivity contribution >= 4 is 17.3 Å². The van der Waals surface area contributed by atoms with E-state index in [0.29, 0.717) is 6.54 Å². The van der Waals surface area contributed by atoms with Gasteiger partial charge in [-0.1, -0.05) is 30.9 Å². The minimum atomic E-state index is -0.583. The first kappa shape index (κ1) is 14.1. The maximum atomic E-state index is 11.9. The average molecular weight is 269 g/mol. The first-order valence-electron chi connectivity index (χ1n) is 6.55. The summed E-state index contributed by atoms with van der Waals surface area (Å²) in [6.45, 7) is 6.11. The van der Waals surface area contributed by atoms with E-state index in [1.54, 1.807) is 6.08 Å². The van der Waals surface area contributed by atoms with Crippen molar-refractivity contribution in [2.24, 2.45) is 5.73 Å². The standard InChI is InChI=1S/C16H19N3O/c1-3-7-12(8-4-2)19-11-13(17)16(20)18-14-9-5-6-10-15(14)19/h3-10,13H,1,11,17H2,2H3,(H,18,20)/b8-4-,12-7+. The van der Waals surface area contributed by atoms with E-state index < -0.39 is 6.04 Å². The van der Waals surface area contributed by atoms with Gasteiger partial charge in [-0.25, -0.2) is 0 Å². The Morgan fingerprint density at radius 2 is 2.25 bits per heavy atom. The minimum absolute atomic E-state index is 0.168. The van der Waals surface area contributed by atoms with E-state index >= 15 is 0 Å². The molecule has 4 heteroatoms. The van der Waals surface area contributed by atoms with E-state index in [-0.39, 0.29) is 5.91 Å². The summed E-state index contributed by atoms with van der Waals surface area (Å²) in [5, 5.41) is 2.86. The third-order valence-corrected chi connectivity index (χ3v) is 3.11. The van der Waals surface area contributed by atoms with Gasteiger partial charge in [0.25, 0.3) is 0 Å². The number of rotatable bonds is 3. The number of carbonyl (C=O) groups is 1. The van der Waals surface area contributed by atoms with Gasteiger partial charge in [-0.05, 0) is 31.2 Å². The van der Waals surface area contributed by atoms with Crippen LogP contribution in [0.15, 0.2) is 60.8 Å². The highest BCUT2D eigenvalue weighted by Crippen LogP contribution is 2.31. The topological polar surface area (TPSA) is 58.4 Å². The zero-order chi connectivity index (χ0) is 14.5. The molecule has 20 heavy (non-hydrogen) atoms. The lowest BCUT2D eigenvalue weighted by Crippen LogP contribution is -2.42. The number of nitrogens with one attached hydrogen (secondary N) is 1. The lowest BCUT2D eigenvalue weighted by atomic mass is 10.2. The number of amides is 1. The molecule has 0 spiro atoms. The van der Waals surface area contributed by atoms with Gasteiger partial charge < -0.3 is 16.0 Å². The third-order valence-electron chi connectivity index (χ3n) is 3.11. The summed E-state index contributed by atoms with van der Waals surface area (Å²) < 4.78 is 0. The summed E-state index contributed by atoms with van der Waals surface area (Å²) in [5.41, 5.74) is 8.59. The van der Waals surface area contributed by atoms with Gasteiger partial charge in [0.05, 0.1) is 11.4 Å². The van der Waals surface area contributed by atoms with E-state index in [1.165, 1.54) is 0 Å². The zero-order valence-electron chi connectivity index (χ0n) is 11.5. The Kier molecular flexibility index (Phi) is 4.38. The summed E-state index contributed by atoms with van der Waals surface area (Å²) >= 11 is 0. The molecule has 0 saturated heterocycles. The number of hydrogen-bond acceptors (Lipinski definition) is 3. The van der Waals surface area contributed by atoms with E-state index in [1.807, 2.05) is 54.3 Å². The van der Waals surface area contributed by atoms with Crippen LogP contribution in [0.1, 0.15) is 6.92 Å². The normalized spacial score (nSPS) is 19.5. The lowest BCUT2D eigenvalue weighted by Gasteiger charge is -2.26. The van der Waals surface area contributed by atoms with Crippen molar-refractivity contribution in [2.45, 2.75) is 13.0 Å². The third kappa shape index (κ3) is 2.81. The Hall–Kier alpha value is -2.33. The van der Waals surface area contributed by atoms with Crippen LogP contribution in [0, 0.1) is 0 Å². The highest BCUT2D eigenvalue weighted by molar-refractivity contribution is 6.00. The molecule has 2 rings (SSSR count). The summed E-state index contributed by atoms with van der Waals surface area (Å²) in [5.74, 6) is -0.168. The van der Waals surface area contributed by atoms with Gasteiger partial charge in [-0.2, -0.15) is 0 Å². The molecule has 1 aliphatic rings. The first-order chi connectivity index (χ1) is 9.67. The Morgan fingerprint density at radius 3 is 2.95 bits per heavy atom. The van der Waals surface area contributed by atoms with Crippen LogP contribution in [0.4, 0.5) is 11.4 Å². The van der Waals surface area contributed by atoms with Crippen LogP contribution in [-0.2, 0) is 4.79 Å². The molecule has 1 heterocycles. The number of hydrogen-bond donors (Lipinski definition) is 2. The molecule has 3 N–H and O–H groups in total. The van der Waals surface area contributed by atoms with E-state index in [9.17, 15) is 4.79 Å². The Labute approximate surface area is 119 Å². The van der Waals surface area contributed by atoms with E-state index in [0.717, 1.165) is 17.1 Å². The monoisotopic (exact) mass is 269 g/mol. The van der Waals surface area contributed by atoms with Crippen molar-refractivity contribution < 1.29 is 4.79 Å². The molecule has 0 fully saturated rings. The van der Waals surface area contributed by atoms with Crippen molar-refractivity contribution in [2.75, 3.05) is 16.8 Å². The second kappa shape index (κ2) is 6.21. The SMILES string of the molecule is C=C/C=C(\C=C/C)N1CC(N)C(=O)Nc2ccccc21. The fourth-order valence-corrected chi connectivity index (χ4v) is 2.19. The zero-order valence-corrected chi connectivity index (χ0v) is 11.5. The molecule has 0 bridgehead atoms. The summed E-state index contributed by atoms with van der Waals surface area (Å²) in [4.78, 5) is 14.0. The van der Waals surface area contributed by atoms with Crippen LogP contribution >= 0.6 is 0 Å². The predicted molar refractivity (Wildman–Crippen MR) is 83.5 cm³/mol. The lowest BCUT2D eigenvalue weighted by molar-refractivity contribution is -0.117. The highest BCUT2D eigenvalue weighted by Gasteiger charge is 2.26. The smallest absolute Gasteiger partial charge is 0.243 e. The van der Waals surface area contributed by atoms with Crippen molar-refractivity contribution in [3.8, 4) is 0 Å². The molecule has 1 aromatic rings. The number of allylic oxidation sites excluding steroid dienone is 4. The number of nitrogens with zero attached hydrogens (tertiary/aromatic N) is 1. The second-order valence-electron chi connectivity index (χ2n) is 4.55. The average Bonchev–Trinajstić information content (AvgIpc) is 2.56. The molecule has 1 aliphatic heterocycles. The number of nitrogens with two attached hydrogens (primary N) is 1. The molecule has 1 amide bonds. The summed E-state index contributed by atoms with van der Waals surface area (Å²) in [7, 11) is 0. The first-order valence-corrected chi connectivity index (χ1v) is 6.55. The van der Waals surface area contributed by atoms with Crippen molar-refractivity contribution in [1.82, 2.24) is 0 Å². The van der Waals surface area contributed by atoms with Gasteiger partial charge >= 0.3 is 0 Å². The molecular formula is C16H19N3O. The molecule has 0 aliphatic carbocycles. The van der Waals surface area contributed by atoms with Gasteiger partial charge in [0, 0.05) is 12.2 Å². The quantitative estimate of drug-likeness (QED) is 0.828. The predicted octanol–water partition coefficient (Wildman–Crippen LogP) is 2.42. The fourth-order valence-electron chi connectivity index (χ4n) is 2.19. The van der Waals surface area contributed by atoms with Gasteiger partial charge in [-0.3, -0.25) is 4.79 Å². The fraction of sp³-hybridized carbons (Fsp3) is 0.188. The molecule has 0 aromatic heterocycles. The number of benzene rings is 1. The van der Waals surface area contributed by atoms with Gasteiger partial charge in [0.2, 0.25) is 5.91 Å². The molecule has 4 nitrogen and oxygen atoms in total. The van der Waals surface area contributed by atoms with Crippen LogP contribution in [0.2, 0.25) is 0 Å². The Balaban J connectivity index is 2.53. The molecule has 0 radical (unpaired) electrons. The van der Waals surface area contributed by atoms with Crippen LogP contribution < -0.4 is 16.0 Å². The molecule has 104 valence electrons. The highest BCUT2D eigenvalue weighted by atomic mass is 16.2. The minimum Gasteiger partial charge on any atom is -0.338 e. The molecule has 1 atom stereocenters. The Bertz CT molecular complexity index is 575. The largest absolute Gasteiger partial charge is 0.338 e. The number of fused-ring (bicyclic) bond motifs is 1. The van der Waals surface area contributed by atoms with Gasteiger partial charge in [0.1, 0.15) is 6.04 Å². The van der Waals surface area contributed by atoms with Crippen LogP contribution in [0.3, 0.4) is 0 Å². The summed E-state index contributed by atoms with van der Waals surface area (Å²) in [6, 6.07) is 7.09. The van der Waals surface area contributed by atoms with Crippen LogP contribution in [0.25, 0.3) is 0 Å². The second-order valence-corrected chi connectivity index (χ2v) is 4.55. The Morgan fingerprint density at radius 1 is 1.50 bits per heavy atom. The maximum Gasteiger partial charge on any atom is 0.243 e. The number of para-hydroxylation sites is 2. The van der Waals surface area contributed by atoms with Gasteiger partial charge in [-0.15, -0.1) is 0 Å². The van der Waals surface area contributed by atoms with Gasteiger partial charge in [0.15, 0.2) is 0 Å². The van der Waals surface area contributed by atoms with E-state index in [2.05, 4.69) is 11.9 Å².